The Balaban J connectivity index is 1.50. The van der Waals surface area contributed by atoms with E-state index in [1.54, 1.807) is 7.11 Å². The number of aliphatic hydroxyl groups is 1. The van der Waals surface area contributed by atoms with Gasteiger partial charge in [-0.25, -0.2) is 0 Å². The second-order valence-corrected chi connectivity index (χ2v) is 14.3. The van der Waals surface area contributed by atoms with Gasteiger partial charge in [-0.1, -0.05) is 74.5 Å². The number of unbranched alkanes of at least 4 members (excludes halogenated alkanes) is 2. The molecule has 0 radical (unpaired) electrons. The second kappa shape index (κ2) is 18.7. The third-order valence-corrected chi connectivity index (χ3v) is 11.7. The molecule has 3 aliphatic rings. The summed E-state index contributed by atoms with van der Waals surface area (Å²) < 4.78 is 43.6. The molecule has 3 heterocycles. The average Bonchev–Trinajstić information content (AvgIpc) is 3.02. The van der Waals surface area contributed by atoms with Gasteiger partial charge in [-0.3, -0.25) is 0 Å². The van der Waals surface area contributed by atoms with Crippen LogP contribution in [0.25, 0.3) is 0 Å². The van der Waals surface area contributed by atoms with E-state index < -0.39 is 0 Å². The molecule has 3 aliphatic heterocycles. The van der Waals surface area contributed by atoms with E-state index in [-0.39, 0.29) is 61.5 Å². The maximum atomic E-state index is 9.83. The van der Waals surface area contributed by atoms with Crippen molar-refractivity contribution in [2.75, 3.05) is 40.1 Å². The maximum absolute atomic E-state index is 9.83. The fourth-order valence-corrected chi connectivity index (χ4v) is 6.98. The van der Waals surface area contributed by atoms with Gasteiger partial charge in [0.05, 0.1) is 44.7 Å². The molecule has 0 aromatic carbocycles. The standard InChI is InChI=1S/C36H66O8/c1-22-25(4)31(19-37)42-35(29(22)8)40-21-33-27(6)24(3)30(9)36(44-33)41-20-32-26(5)23(2)28(7)34(43-32)39-18-16-14-12-11-13-15-17-38-10/h11-12,22-37H,13-21H2,1-10H3/b12-11-/t22-,23-,24-,25+,26+,27+,28?,29?,30?,31?,32?,33?,34+,35+,36+/m0/s1. The molecule has 0 aromatic heterocycles. The Labute approximate surface area is 268 Å². The molecule has 0 aliphatic carbocycles. The topological polar surface area (TPSA) is 84.8 Å². The van der Waals surface area contributed by atoms with Gasteiger partial charge in [0.2, 0.25) is 0 Å². The first-order chi connectivity index (χ1) is 21.0. The first kappa shape index (κ1) is 37.9. The Morgan fingerprint density at radius 1 is 0.500 bits per heavy atom. The molecule has 15 atom stereocenters. The molecule has 3 rings (SSSR count). The predicted molar refractivity (Wildman–Crippen MR) is 173 cm³/mol. The van der Waals surface area contributed by atoms with Crippen LogP contribution in [-0.2, 0) is 33.2 Å². The van der Waals surface area contributed by atoms with Crippen molar-refractivity contribution in [3.63, 3.8) is 0 Å². The van der Waals surface area contributed by atoms with Gasteiger partial charge >= 0.3 is 0 Å². The number of hydrogen-bond donors (Lipinski definition) is 1. The summed E-state index contributed by atoms with van der Waals surface area (Å²) in [6.45, 7) is 22.5. The van der Waals surface area contributed by atoms with Crippen LogP contribution in [0.2, 0.25) is 0 Å². The summed E-state index contributed by atoms with van der Waals surface area (Å²) >= 11 is 0. The normalized spacial score (nSPS) is 43.5. The molecule has 8 heteroatoms. The van der Waals surface area contributed by atoms with Crippen molar-refractivity contribution in [3.05, 3.63) is 12.2 Å². The highest BCUT2D eigenvalue weighted by atomic mass is 16.7. The Morgan fingerprint density at radius 2 is 0.886 bits per heavy atom. The van der Waals surface area contributed by atoms with Crippen LogP contribution in [0.15, 0.2) is 12.2 Å². The van der Waals surface area contributed by atoms with Gasteiger partial charge in [-0.2, -0.15) is 0 Å². The van der Waals surface area contributed by atoms with Crippen molar-refractivity contribution in [3.8, 4) is 0 Å². The van der Waals surface area contributed by atoms with Crippen LogP contribution >= 0.6 is 0 Å². The van der Waals surface area contributed by atoms with E-state index in [9.17, 15) is 5.11 Å². The Kier molecular flexibility index (Phi) is 16.1. The molecular formula is C36H66O8. The summed E-state index contributed by atoms with van der Waals surface area (Å²) in [7, 11) is 1.75. The smallest absolute Gasteiger partial charge is 0.160 e. The fraction of sp³-hybridized carbons (Fsp3) is 0.944. The Hall–Kier alpha value is -0.580. The van der Waals surface area contributed by atoms with Crippen molar-refractivity contribution in [2.45, 2.75) is 125 Å². The number of rotatable bonds is 16. The van der Waals surface area contributed by atoms with E-state index in [2.05, 4.69) is 74.5 Å². The second-order valence-electron chi connectivity index (χ2n) is 14.3. The van der Waals surface area contributed by atoms with E-state index in [1.807, 2.05) is 0 Å². The number of allylic oxidation sites excluding steroid dienone is 2. The molecule has 0 spiro atoms. The molecular weight excluding hydrogens is 560 g/mol. The molecule has 0 saturated carbocycles. The lowest BCUT2D eigenvalue weighted by atomic mass is 9.78. The molecule has 3 fully saturated rings. The monoisotopic (exact) mass is 626 g/mol. The van der Waals surface area contributed by atoms with E-state index in [1.165, 1.54) is 0 Å². The molecule has 3 saturated heterocycles. The average molecular weight is 627 g/mol. The number of methoxy groups -OCH3 is 1. The van der Waals surface area contributed by atoms with Crippen molar-refractivity contribution in [1.29, 1.82) is 0 Å². The zero-order chi connectivity index (χ0) is 32.4. The zero-order valence-corrected chi connectivity index (χ0v) is 29.5. The van der Waals surface area contributed by atoms with Gasteiger partial charge in [0.25, 0.3) is 0 Å². The lowest BCUT2D eigenvalue weighted by Crippen LogP contribution is -2.52. The molecule has 1 N–H and O–H groups in total. The number of hydrogen-bond acceptors (Lipinski definition) is 8. The van der Waals surface area contributed by atoms with Crippen molar-refractivity contribution < 1.29 is 38.3 Å². The minimum Gasteiger partial charge on any atom is -0.394 e. The molecule has 258 valence electrons. The third kappa shape index (κ3) is 9.96. The van der Waals surface area contributed by atoms with E-state index in [4.69, 9.17) is 33.2 Å². The van der Waals surface area contributed by atoms with Crippen LogP contribution in [0.5, 0.6) is 0 Å². The first-order valence-corrected chi connectivity index (χ1v) is 17.6. The van der Waals surface area contributed by atoms with Gasteiger partial charge in [0, 0.05) is 31.5 Å². The van der Waals surface area contributed by atoms with E-state index in [0.29, 0.717) is 55.3 Å². The highest BCUT2D eigenvalue weighted by molar-refractivity contribution is 4.87. The van der Waals surface area contributed by atoms with Crippen LogP contribution in [0.4, 0.5) is 0 Å². The number of aliphatic hydroxyl groups excluding tert-OH is 1. The summed E-state index contributed by atoms with van der Waals surface area (Å²) in [5.41, 5.74) is 0. The third-order valence-electron chi connectivity index (χ3n) is 11.7. The summed E-state index contributed by atoms with van der Waals surface area (Å²) in [5, 5.41) is 9.83. The molecule has 0 amide bonds. The highest BCUT2D eigenvalue weighted by Gasteiger charge is 2.44. The van der Waals surface area contributed by atoms with Crippen molar-refractivity contribution >= 4 is 0 Å². The van der Waals surface area contributed by atoms with E-state index in [0.717, 1.165) is 32.3 Å². The van der Waals surface area contributed by atoms with Gasteiger partial charge in [-0.05, 0) is 61.2 Å². The molecule has 6 unspecified atom stereocenters. The van der Waals surface area contributed by atoms with E-state index >= 15 is 0 Å². The van der Waals surface area contributed by atoms with Crippen LogP contribution in [0.1, 0.15) is 88.0 Å². The predicted octanol–water partition coefficient (Wildman–Crippen LogP) is 6.69. The fourth-order valence-electron chi connectivity index (χ4n) is 6.98. The van der Waals surface area contributed by atoms with Crippen LogP contribution in [-0.4, -0.2) is 82.4 Å². The summed E-state index contributed by atoms with van der Waals surface area (Å²) in [5.74, 6) is 3.02. The largest absolute Gasteiger partial charge is 0.394 e. The van der Waals surface area contributed by atoms with Crippen molar-refractivity contribution in [1.82, 2.24) is 0 Å². The van der Waals surface area contributed by atoms with Crippen LogP contribution < -0.4 is 0 Å². The van der Waals surface area contributed by atoms with Gasteiger partial charge < -0.3 is 38.3 Å². The summed E-state index contributed by atoms with van der Waals surface area (Å²) in [6, 6.07) is 0. The highest BCUT2D eigenvalue weighted by Crippen LogP contribution is 2.40. The van der Waals surface area contributed by atoms with Crippen molar-refractivity contribution in [2.24, 2.45) is 53.3 Å². The van der Waals surface area contributed by atoms with Gasteiger partial charge in [0.1, 0.15) is 0 Å². The minimum absolute atomic E-state index is 0.0108. The summed E-state index contributed by atoms with van der Waals surface area (Å²) in [4.78, 5) is 0. The summed E-state index contributed by atoms with van der Waals surface area (Å²) in [6.07, 6.45) is 7.33. The Morgan fingerprint density at radius 3 is 1.32 bits per heavy atom. The molecule has 0 aromatic rings. The first-order valence-electron chi connectivity index (χ1n) is 17.6. The minimum atomic E-state index is -0.350. The SMILES string of the molecule is COCCC/C=C\CCCO[C@@H]1OC(CO[C@@H]2OC(CO[C@@H]3OC(CO)[C@H](C)[C@H](C)C3C)[C@H](C)[C@H](C)C2C)[C@H](C)[C@H](C)C1C. The lowest BCUT2D eigenvalue weighted by Gasteiger charge is -2.47. The Bertz CT molecular complexity index is 822. The van der Waals surface area contributed by atoms with Crippen LogP contribution in [0.3, 0.4) is 0 Å². The van der Waals surface area contributed by atoms with Crippen LogP contribution in [0, 0.1) is 53.3 Å². The lowest BCUT2D eigenvalue weighted by molar-refractivity contribution is -0.305. The van der Waals surface area contributed by atoms with Gasteiger partial charge in [-0.15, -0.1) is 0 Å². The maximum Gasteiger partial charge on any atom is 0.160 e. The number of ether oxygens (including phenoxy) is 7. The van der Waals surface area contributed by atoms with Gasteiger partial charge in [0.15, 0.2) is 18.9 Å². The molecule has 44 heavy (non-hydrogen) atoms. The quantitative estimate of drug-likeness (QED) is 0.150. The molecule has 0 bridgehead atoms. The zero-order valence-electron chi connectivity index (χ0n) is 29.5. The molecule has 8 nitrogen and oxygen atoms in total.